The van der Waals surface area contributed by atoms with Crippen LogP contribution in [0.3, 0.4) is 0 Å². The van der Waals surface area contributed by atoms with Crippen molar-refractivity contribution in [2.45, 2.75) is 26.8 Å². The largest absolute Gasteiger partial charge is 0.481 e. The van der Waals surface area contributed by atoms with E-state index in [1.165, 1.54) is 0 Å². The molecule has 0 aliphatic heterocycles. The molecule has 0 spiro atoms. The highest BCUT2D eigenvalue weighted by Crippen LogP contribution is 2.14. The van der Waals surface area contributed by atoms with Gasteiger partial charge in [0.2, 0.25) is 0 Å². The third-order valence-corrected chi connectivity index (χ3v) is 3.50. The van der Waals surface area contributed by atoms with E-state index < -0.39 is 5.97 Å². The quantitative estimate of drug-likeness (QED) is 0.813. The van der Waals surface area contributed by atoms with Gasteiger partial charge in [-0.15, -0.1) is 5.10 Å². The number of hydrogen-bond donors (Lipinski definition) is 2. The molecule has 0 saturated carbocycles. The number of aliphatic carboxylic acids is 1. The van der Waals surface area contributed by atoms with Crippen LogP contribution < -0.4 is 5.32 Å². The summed E-state index contributed by atoms with van der Waals surface area (Å²) in [6.45, 7) is 5.19. The van der Waals surface area contributed by atoms with Gasteiger partial charge in [0.05, 0.1) is 11.4 Å². The third kappa shape index (κ3) is 4.01. The standard InChI is InChI=1S/C15H22N4O2/c1-10(2)6-12(15(20)21)9-16-8-11-4-5-14-13(7-11)17-18-19(14)3/h4-5,7,10,12,16H,6,8-9H2,1-3H3,(H,20,21). The second kappa shape index (κ2) is 6.67. The van der Waals surface area contributed by atoms with Gasteiger partial charge in [-0.1, -0.05) is 25.1 Å². The minimum Gasteiger partial charge on any atom is -0.481 e. The first kappa shape index (κ1) is 15.4. The lowest BCUT2D eigenvalue weighted by Gasteiger charge is -2.15. The topological polar surface area (TPSA) is 80.0 Å². The molecule has 1 atom stereocenters. The maximum Gasteiger partial charge on any atom is 0.307 e. The molecule has 2 aromatic rings. The summed E-state index contributed by atoms with van der Waals surface area (Å²) in [5, 5.41) is 20.5. The molecule has 1 aromatic heterocycles. The number of rotatable bonds is 7. The molecular weight excluding hydrogens is 268 g/mol. The van der Waals surface area contributed by atoms with Crippen molar-refractivity contribution in [3.05, 3.63) is 23.8 Å². The summed E-state index contributed by atoms with van der Waals surface area (Å²) in [5.41, 5.74) is 2.92. The van der Waals surface area contributed by atoms with Crippen LogP contribution in [-0.4, -0.2) is 32.6 Å². The molecule has 1 aromatic carbocycles. The maximum absolute atomic E-state index is 11.2. The summed E-state index contributed by atoms with van der Waals surface area (Å²) in [7, 11) is 1.86. The Morgan fingerprint density at radius 1 is 1.43 bits per heavy atom. The zero-order valence-corrected chi connectivity index (χ0v) is 12.7. The average Bonchev–Trinajstić information content (AvgIpc) is 2.78. The van der Waals surface area contributed by atoms with Crippen molar-refractivity contribution in [1.29, 1.82) is 0 Å². The van der Waals surface area contributed by atoms with Crippen molar-refractivity contribution in [1.82, 2.24) is 20.3 Å². The van der Waals surface area contributed by atoms with Crippen LogP contribution in [-0.2, 0) is 18.4 Å². The molecule has 1 unspecified atom stereocenters. The Balaban J connectivity index is 1.93. The van der Waals surface area contributed by atoms with E-state index in [1.54, 1.807) is 4.68 Å². The van der Waals surface area contributed by atoms with Gasteiger partial charge in [-0.05, 0) is 30.0 Å². The first-order chi connectivity index (χ1) is 9.97. The average molecular weight is 290 g/mol. The molecule has 0 amide bonds. The SMILES string of the molecule is CC(C)CC(CNCc1ccc2c(c1)nnn2C)C(=O)O. The first-order valence-corrected chi connectivity index (χ1v) is 7.19. The molecule has 0 aliphatic carbocycles. The van der Waals surface area contributed by atoms with Crippen LogP contribution >= 0.6 is 0 Å². The van der Waals surface area contributed by atoms with E-state index in [-0.39, 0.29) is 5.92 Å². The predicted molar refractivity (Wildman–Crippen MR) is 80.8 cm³/mol. The van der Waals surface area contributed by atoms with Crippen LogP contribution in [0.25, 0.3) is 11.0 Å². The number of carboxylic acids is 1. The highest BCUT2D eigenvalue weighted by atomic mass is 16.4. The van der Waals surface area contributed by atoms with E-state index >= 15 is 0 Å². The van der Waals surface area contributed by atoms with Crippen molar-refractivity contribution in [2.75, 3.05) is 6.54 Å². The van der Waals surface area contributed by atoms with E-state index in [0.717, 1.165) is 16.6 Å². The van der Waals surface area contributed by atoms with Crippen molar-refractivity contribution in [2.24, 2.45) is 18.9 Å². The van der Waals surface area contributed by atoms with Gasteiger partial charge in [-0.3, -0.25) is 4.79 Å². The number of hydrogen-bond acceptors (Lipinski definition) is 4. The molecule has 2 rings (SSSR count). The van der Waals surface area contributed by atoms with Crippen LogP contribution in [0.4, 0.5) is 0 Å². The minimum atomic E-state index is -0.736. The Morgan fingerprint density at radius 3 is 2.86 bits per heavy atom. The fourth-order valence-corrected chi connectivity index (χ4v) is 2.43. The number of carbonyl (C=O) groups is 1. The Morgan fingerprint density at radius 2 is 2.19 bits per heavy atom. The number of carboxylic acid groups (broad SMARTS) is 1. The van der Waals surface area contributed by atoms with E-state index in [9.17, 15) is 9.90 Å². The molecule has 6 heteroatoms. The van der Waals surface area contributed by atoms with Crippen LogP contribution in [0.1, 0.15) is 25.8 Å². The molecule has 1 heterocycles. The number of fused-ring (bicyclic) bond motifs is 1. The van der Waals surface area contributed by atoms with E-state index in [1.807, 2.05) is 39.1 Å². The Kier molecular flexibility index (Phi) is 4.90. The van der Waals surface area contributed by atoms with Crippen LogP contribution in [0.2, 0.25) is 0 Å². The van der Waals surface area contributed by atoms with Gasteiger partial charge < -0.3 is 10.4 Å². The van der Waals surface area contributed by atoms with Crippen molar-refractivity contribution in [3.8, 4) is 0 Å². The van der Waals surface area contributed by atoms with E-state index in [0.29, 0.717) is 25.4 Å². The maximum atomic E-state index is 11.2. The van der Waals surface area contributed by atoms with Gasteiger partial charge >= 0.3 is 5.97 Å². The number of benzene rings is 1. The summed E-state index contributed by atoms with van der Waals surface area (Å²) >= 11 is 0. The summed E-state index contributed by atoms with van der Waals surface area (Å²) in [4.78, 5) is 11.2. The number of aryl methyl sites for hydroxylation is 1. The van der Waals surface area contributed by atoms with Gasteiger partial charge in [0.15, 0.2) is 0 Å². The summed E-state index contributed by atoms with van der Waals surface area (Å²) in [6.07, 6.45) is 0.686. The normalized spacial score (nSPS) is 13.0. The van der Waals surface area contributed by atoms with Gasteiger partial charge in [0.1, 0.15) is 5.52 Å². The van der Waals surface area contributed by atoms with E-state index in [4.69, 9.17) is 0 Å². The first-order valence-electron chi connectivity index (χ1n) is 7.19. The second-order valence-electron chi connectivity index (χ2n) is 5.83. The summed E-state index contributed by atoms with van der Waals surface area (Å²) in [6, 6.07) is 5.97. The molecule has 21 heavy (non-hydrogen) atoms. The van der Waals surface area contributed by atoms with Gasteiger partial charge in [0, 0.05) is 20.1 Å². The van der Waals surface area contributed by atoms with Gasteiger partial charge in [-0.2, -0.15) is 0 Å². The Bertz CT molecular complexity index is 621. The summed E-state index contributed by atoms with van der Waals surface area (Å²) in [5.74, 6) is -0.699. The van der Waals surface area contributed by atoms with Gasteiger partial charge in [0.25, 0.3) is 0 Å². The zero-order valence-electron chi connectivity index (χ0n) is 12.7. The van der Waals surface area contributed by atoms with E-state index in [2.05, 4.69) is 15.6 Å². The molecule has 0 radical (unpaired) electrons. The highest BCUT2D eigenvalue weighted by molar-refractivity contribution is 5.74. The Labute approximate surface area is 124 Å². The Hall–Kier alpha value is -1.95. The molecule has 2 N–H and O–H groups in total. The van der Waals surface area contributed by atoms with Crippen molar-refractivity contribution < 1.29 is 9.90 Å². The lowest BCUT2D eigenvalue weighted by atomic mass is 9.97. The predicted octanol–water partition coefficient (Wildman–Crippen LogP) is 1.80. The number of nitrogens with zero attached hydrogens (tertiary/aromatic N) is 3. The third-order valence-electron chi connectivity index (χ3n) is 3.50. The monoisotopic (exact) mass is 290 g/mol. The number of aromatic nitrogens is 3. The summed E-state index contributed by atoms with van der Waals surface area (Å²) < 4.78 is 1.73. The highest BCUT2D eigenvalue weighted by Gasteiger charge is 2.18. The molecule has 0 aliphatic rings. The van der Waals surface area contributed by atoms with Crippen molar-refractivity contribution in [3.63, 3.8) is 0 Å². The van der Waals surface area contributed by atoms with Crippen LogP contribution in [0, 0.1) is 11.8 Å². The molecule has 6 nitrogen and oxygen atoms in total. The molecule has 0 fully saturated rings. The lowest BCUT2D eigenvalue weighted by Crippen LogP contribution is -2.29. The fraction of sp³-hybridized carbons (Fsp3) is 0.533. The fourth-order valence-electron chi connectivity index (χ4n) is 2.43. The van der Waals surface area contributed by atoms with Gasteiger partial charge in [-0.25, -0.2) is 4.68 Å². The molecular formula is C15H22N4O2. The number of nitrogens with one attached hydrogen (secondary N) is 1. The molecule has 0 saturated heterocycles. The van der Waals surface area contributed by atoms with Crippen molar-refractivity contribution >= 4 is 17.0 Å². The zero-order chi connectivity index (χ0) is 15.4. The smallest absolute Gasteiger partial charge is 0.307 e. The second-order valence-corrected chi connectivity index (χ2v) is 5.83. The van der Waals surface area contributed by atoms with Crippen LogP contribution in [0.5, 0.6) is 0 Å². The lowest BCUT2D eigenvalue weighted by molar-refractivity contribution is -0.142. The minimum absolute atomic E-state index is 0.342. The molecule has 114 valence electrons. The van der Waals surface area contributed by atoms with Crippen LogP contribution in [0.15, 0.2) is 18.2 Å². The molecule has 0 bridgehead atoms.